The third-order valence-electron chi connectivity index (χ3n) is 5.75. The summed E-state index contributed by atoms with van der Waals surface area (Å²) in [4.78, 5) is 38.3. The van der Waals surface area contributed by atoms with Crippen molar-refractivity contribution in [3.05, 3.63) is 34.9 Å². The molecule has 0 aromatic heterocycles. The van der Waals surface area contributed by atoms with Crippen LogP contribution in [0.5, 0.6) is 0 Å². The van der Waals surface area contributed by atoms with E-state index in [0.717, 1.165) is 24.8 Å². The van der Waals surface area contributed by atoms with Gasteiger partial charge in [0.2, 0.25) is 5.91 Å². The molecule has 2 fully saturated rings. The van der Waals surface area contributed by atoms with E-state index in [-0.39, 0.29) is 24.4 Å². The predicted molar refractivity (Wildman–Crippen MR) is 101 cm³/mol. The zero-order chi connectivity index (χ0) is 19.4. The van der Waals surface area contributed by atoms with Crippen LogP contribution in [0.2, 0.25) is 5.02 Å². The zero-order valence-electron chi connectivity index (χ0n) is 15.3. The Kier molecular flexibility index (Phi) is 6.05. The molecule has 1 aliphatic carbocycles. The maximum absolute atomic E-state index is 12.9. The molecule has 0 unspecified atom stereocenters. The minimum absolute atomic E-state index is 0.279. The summed E-state index contributed by atoms with van der Waals surface area (Å²) in [5.41, 5.74) is 5.53. The molecule has 1 heterocycles. The summed E-state index contributed by atoms with van der Waals surface area (Å²) in [6.45, 7) is 0.552. The van der Waals surface area contributed by atoms with Gasteiger partial charge in [-0.1, -0.05) is 36.6 Å². The van der Waals surface area contributed by atoms with Crippen LogP contribution in [0.4, 0.5) is 0 Å². The quantitative estimate of drug-likeness (QED) is 0.779. The lowest BCUT2D eigenvalue weighted by Crippen LogP contribution is -2.46. The summed E-state index contributed by atoms with van der Waals surface area (Å²) < 4.78 is 5.45. The van der Waals surface area contributed by atoms with Crippen LogP contribution in [0.1, 0.15) is 44.1 Å². The summed E-state index contributed by atoms with van der Waals surface area (Å²) in [6, 6.07) is 7.26. The van der Waals surface area contributed by atoms with Crippen LogP contribution in [-0.4, -0.2) is 42.4 Å². The number of esters is 1. The van der Waals surface area contributed by atoms with Gasteiger partial charge in [-0.05, 0) is 43.4 Å². The standard InChI is InChI=1S/C20H25ClN2O4/c21-16-7-5-15(6-8-16)20(9-1-2-10-20)19(26)27-13-17(24)23-11-3-4-14(12-23)18(22)25/h5-8,14H,1-4,9-13H2,(H2,22,25)/t14-/m0/s1. The molecule has 146 valence electrons. The third kappa shape index (κ3) is 4.26. The highest BCUT2D eigenvalue weighted by Gasteiger charge is 2.44. The average Bonchev–Trinajstić information content (AvgIpc) is 3.17. The Hall–Kier alpha value is -2.08. The van der Waals surface area contributed by atoms with Crippen molar-refractivity contribution in [2.24, 2.45) is 11.7 Å². The molecule has 1 atom stereocenters. The zero-order valence-corrected chi connectivity index (χ0v) is 16.0. The largest absolute Gasteiger partial charge is 0.455 e. The molecule has 0 spiro atoms. The molecule has 0 radical (unpaired) electrons. The first-order valence-corrected chi connectivity index (χ1v) is 9.80. The van der Waals surface area contributed by atoms with Crippen molar-refractivity contribution in [3.63, 3.8) is 0 Å². The van der Waals surface area contributed by atoms with Crippen LogP contribution in [0, 0.1) is 5.92 Å². The molecule has 27 heavy (non-hydrogen) atoms. The van der Waals surface area contributed by atoms with Crippen LogP contribution in [0.3, 0.4) is 0 Å². The first-order valence-electron chi connectivity index (χ1n) is 9.43. The van der Waals surface area contributed by atoms with Crippen LogP contribution >= 0.6 is 11.6 Å². The Balaban J connectivity index is 1.64. The van der Waals surface area contributed by atoms with E-state index in [1.54, 1.807) is 17.0 Å². The van der Waals surface area contributed by atoms with Crippen molar-refractivity contribution in [1.82, 2.24) is 4.90 Å². The Morgan fingerprint density at radius 2 is 1.81 bits per heavy atom. The number of nitrogens with zero attached hydrogens (tertiary/aromatic N) is 1. The van der Waals surface area contributed by atoms with E-state index in [1.807, 2.05) is 12.1 Å². The van der Waals surface area contributed by atoms with Gasteiger partial charge in [-0.25, -0.2) is 0 Å². The highest BCUT2D eigenvalue weighted by molar-refractivity contribution is 6.30. The number of halogens is 1. The highest BCUT2D eigenvalue weighted by atomic mass is 35.5. The van der Waals surface area contributed by atoms with Gasteiger partial charge in [0.1, 0.15) is 0 Å². The molecule has 1 aliphatic heterocycles. The number of carbonyl (C=O) groups is 3. The molecular weight excluding hydrogens is 368 g/mol. The van der Waals surface area contributed by atoms with Gasteiger partial charge in [-0.2, -0.15) is 0 Å². The Bertz CT molecular complexity index is 713. The molecule has 1 saturated carbocycles. The Morgan fingerprint density at radius 1 is 1.15 bits per heavy atom. The number of piperidine rings is 1. The SMILES string of the molecule is NC(=O)[C@H]1CCCN(C(=O)COC(=O)C2(c3ccc(Cl)cc3)CCCC2)C1. The average molecular weight is 393 g/mol. The van der Waals surface area contributed by atoms with E-state index in [4.69, 9.17) is 22.1 Å². The molecular formula is C20H25ClN2O4. The fourth-order valence-electron chi connectivity index (χ4n) is 4.15. The topological polar surface area (TPSA) is 89.7 Å². The lowest BCUT2D eigenvalue weighted by molar-refractivity contribution is -0.158. The van der Waals surface area contributed by atoms with Gasteiger partial charge >= 0.3 is 5.97 Å². The number of rotatable bonds is 5. The van der Waals surface area contributed by atoms with Crippen molar-refractivity contribution in [2.45, 2.75) is 43.9 Å². The number of benzene rings is 1. The maximum atomic E-state index is 12.9. The second-order valence-electron chi connectivity index (χ2n) is 7.45. The van der Waals surface area contributed by atoms with Crippen molar-refractivity contribution in [2.75, 3.05) is 19.7 Å². The van der Waals surface area contributed by atoms with Crippen molar-refractivity contribution < 1.29 is 19.1 Å². The molecule has 3 rings (SSSR count). The number of nitrogens with two attached hydrogens (primary N) is 1. The molecule has 6 nitrogen and oxygen atoms in total. The number of ether oxygens (including phenoxy) is 1. The van der Waals surface area contributed by atoms with E-state index in [9.17, 15) is 14.4 Å². The predicted octanol–water partition coefficient (Wildman–Crippen LogP) is 2.42. The first kappa shape index (κ1) is 19.7. The van der Waals surface area contributed by atoms with E-state index >= 15 is 0 Å². The first-order chi connectivity index (χ1) is 12.9. The second-order valence-corrected chi connectivity index (χ2v) is 7.89. The number of amides is 2. The Labute approximate surface area is 164 Å². The summed E-state index contributed by atoms with van der Waals surface area (Å²) >= 11 is 5.97. The van der Waals surface area contributed by atoms with Crippen LogP contribution in [0.25, 0.3) is 0 Å². The van der Waals surface area contributed by atoms with Crippen LogP contribution in [0.15, 0.2) is 24.3 Å². The summed E-state index contributed by atoms with van der Waals surface area (Å²) in [5.74, 6) is -1.36. The minimum atomic E-state index is -0.706. The van der Waals surface area contributed by atoms with Gasteiger partial charge < -0.3 is 15.4 Å². The summed E-state index contributed by atoms with van der Waals surface area (Å²) in [5, 5.41) is 0.615. The molecule has 2 aliphatic rings. The monoisotopic (exact) mass is 392 g/mol. The molecule has 1 aromatic rings. The van der Waals surface area contributed by atoms with E-state index < -0.39 is 11.3 Å². The van der Waals surface area contributed by atoms with Gasteiger partial charge in [-0.3, -0.25) is 14.4 Å². The third-order valence-corrected chi connectivity index (χ3v) is 6.00. The number of likely N-dealkylation sites (tertiary alicyclic amines) is 1. The molecule has 0 bridgehead atoms. The fraction of sp³-hybridized carbons (Fsp3) is 0.550. The number of hydrogen-bond acceptors (Lipinski definition) is 4. The van der Waals surface area contributed by atoms with Gasteiger partial charge in [-0.15, -0.1) is 0 Å². The van der Waals surface area contributed by atoms with Gasteiger partial charge in [0, 0.05) is 18.1 Å². The molecule has 7 heteroatoms. The molecule has 1 aromatic carbocycles. The van der Waals surface area contributed by atoms with Crippen molar-refractivity contribution in [1.29, 1.82) is 0 Å². The molecule has 1 saturated heterocycles. The fourth-order valence-corrected chi connectivity index (χ4v) is 4.28. The van der Waals surface area contributed by atoms with E-state index in [1.165, 1.54) is 0 Å². The van der Waals surface area contributed by atoms with E-state index in [0.29, 0.717) is 37.4 Å². The summed E-state index contributed by atoms with van der Waals surface area (Å²) in [7, 11) is 0. The smallest absolute Gasteiger partial charge is 0.317 e. The number of carbonyl (C=O) groups excluding carboxylic acids is 3. The van der Waals surface area contributed by atoms with Crippen molar-refractivity contribution in [3.8, 4) is 0 Å². The summed E-state index contributed by atoms with van der Waals surface area (Å²) in [6.07, 6.45) is 4.71. The lowest BCUT2D eigenvalue weighted by Gasteiger charge is -2.32. The van der Waals surface area contributed by atoms with Crippen molar-refractivity contribution >= 4 is 29.4 Å². The van der Waals surface area contributed by atoms with Gasteiger partial charge in [0.05, 0.1) is 11.3 Å². The van der Waals surface area contributed by atoms with Gasteiger partial charge in [0.15, 0.2) is 6.61 Å². The van der Waals surface area contributed by atoms with Gasteiger partial charge in [0.25, 0.3) is 5.91 Å². The van der Waals surface area contributed by atoms with E-state index in [2.05, 4.69) is 0 Å². The maximum Gasteiger partial charge on any atom is 0.317 e. The Morgan fingerprint density at radius 3 is 2.44 bits per heavy atom. The second kappa shape index (κ2) is 8.30. The normalized spacial score (nSPS) is 21.7. The molecule has 2 N–H and O–H groups in total. The van der Waals surface area contributed by atoms with Crippen LogP contribution in [-0.2, 0) is 24.5 Å². The lowest BCUT2D eigenvalue weighted by atomic mass is 9.79. The highest BCUT2D eigenvalue weighted by Crippen LogP contribution is 2.42. The molecule has 2 amide bonds. The number of hydrogen-bond donors (Lipinski definition) is 1. The number of primary amides is 1. The minimum Gasteiger partial charge on any atom is -0.455 e. The van der Waals surface area contributed by atoms with Crippen LogP contribution < -0.4 is 5.73 Å².